The maximum absolute atomic E-state index is 12.7. The van der Waals surface area contributed by atoms with Gasteiger partial charge < -0.3 is 10.0 Å². The van der Waals surface area contributed by atoms with Crippen LogP contribution in [0.1, 0.15) is 55.5 Å². The number of hydrogen-bond acceptors (Lipinski definition) is 4. The highest BCUT2D eigenvalue weighted by molar-refractivity contribution is 7.10. The third-order valence-electron chi connectivity index (χ3n) is 4.95. The number of aliphatic carboxylic acids is 1. The molecule has 5 nitrogen and oxygen atoms in total. The Labute approximate surface area is 134 Å². The van der Waals surface area contributed by atoms with Gasteiger partial charge in [-0.15, -0.1) is 11.3 Å². The molecule has 1 N–H and O–H groups in total. The van der Waals surface area contributed by atoms with Crippen molar-refractivity contribution in [2.75, 3.05) is 13.1 Å². The van der Waals surface area contributed by atoms with E-state index in [4.69, 9.17) is 0 Å². The van der Waals surface area contributed by atoms with Crippen LogP contribution in [-0.2, 0) is 10.2 Å². The van der Waals surface area contributed by atoms with E-state index < -0.39 is 11.4 Å². The van der Waals surface area contributed by atoms with Crippen LogP contribution in [0.5, 0.6) is 0 Å². The molecule has 3 rings (SSSR count). The van der Waals surface area contributed by atoms with E-state index in [0.717, 1.165) is 17.8 Å². The van der Waals surface area contributed by atoms with E-state index in [1.54, 1.807) is 10.3 Å². The van der Waals surface area contributed by atoms with Gasteiger partial charge in [0.25, 0.3) is 5.91 Å². The Morgan fingerprint density at radius 2 is 2.18 bits per heavy atom. The zero-order valence-electron chi connectivity index (χ0n) is 13.3. The van der Waals surface area contributed by atoms with E-state index in [9.17, 15) is 14.7 Å². The van der Waals surface area contributed by atoms with Gasteiger partial charge in [-0.1, -0.05) is 27.2 Å². The number of carbonyl (C=O) groups is 2. The molecule has 2 aliphatic rings. The lowest BCUT2D eigenvalue weighted by Crippen LogP contribution is -2.37. The number of carboxylic acid groups (broad SMARTS) is 1. The second-order valence-electron chi connectivity index (χ2n) is 7.52. The minimum Gasteiger partial charge on any atom is -0.481 e. The molecule has 1 aromatic heterocycles. The van der Waals surface area contributed by atoms with Crippen LogP contribution in [0.25, 0.3) is 0 Å². The lowest BCUT2D eigenvalue weighted by atomic mass is 9.81. The van der Waals surface area contributed by atoms with Gasteiger partial charge in [0.1, 0.15) is 5.69 Å². The molecule has 1 saturated carbocycles. The van der Waals surface area contributed by atoms with Crippen LogP contribution < -0.4 is 0 Å². The van der Waals surface area contributed by atoms with Gasteiger partial charge in [0, 0.05) is 23.9 Å². The predicted molar refractivity (Wildman–Crippen MR) is 84.1 cm³/mol. The summed E-state index contributed by atoms with van der Waals surface area (Å²) in [5.41, 5.74) is -0.346. The average Bonchev–Trinajstić information content (AvgIpc) is 3.10. The second kappa shape index (κ2) is 5.05. The van der Waals surface area contributed by atoms with E-state index in [1.807, 2.05) is 0 Å². The molecule has 1 aliphatic heterocycles. The Hall–Kier alpha value is -1.43. The van der Waals surface area contributed by atoms with Crippen LogP contribution >= 0.6 is 11.3 Å². The number of fused-ring (bicyclic) bond motifs is 1. The number of carbonyl (C=O) groups excluding carboxylic acids is 1. The normalized spacial score (nSPS) is 28.0. The summed E-state index contributed by atoms with van der Waals surface area (Å²) in [4.78, 5) is 30.5. The monoisotopic (exact) mass is 322 g/mol. The van der Waals surface area contributed by atoms with Crippen molar-refractivity contribution < 1.29 is 14.7 Å². The van der Waals surface area contributed by atoms with Crippen molar-refractivity contribution in [3.05, 3.63) is 16.1 Å². The summed E-state index contributed by atoms with van der Waals surface area (Å²) in [7, 11) is 0. The molecule has 2 heterocycles. The lowest BCUT2D eigenvalue weighted by molar-refractivity contribution is -0.149. The Balaban J connectivity index is 1.80. The standard InChI is InChI=1S/C16H22N2O3S/c1-15(2,3)13-17-11(8-22-13)12(19)18-7-10-5-4-6-16(10,9-18)14(20)21/h8,10H,4-7,9H2,1-3H3,(H,20,21)/t10-,16+/m0/s1. The summed E-state index contributed by atoms with van der Waals surface area (Å²) in [5.74, 6) is -0.782. The van der Waals surface area contributed by atoms with E-state index >= 15 is 0 Å². The fraction of sp³-hybridized carbons (Fsp3) is 0.688. The third kappa shape index (κ3) is 2.33. The highest BCUT2D eigenvalue weighted by Crippen LogP contribution is 2.49. The Morgan fingerprint density at radius 1 is 1.45 bits per heavy atom. The van der Waals surface area contributed by atoms with Gasteiger partial charge in [-0.05, 0) is 18.8 Å². The SMILES string of the molecule is CC(C)(C)c1nc(C(=O)N2C[C@@H]3CCC[C@@]3(C(=O)O)C2)cs1. The molecule has 0 radical (unpaired) electrons. The molecule has 6 heteroatoms. The van der Waals surface area contributed by atoms with Crippen LogP contribution in [0, 0.1) is 11.3 Å². The van der Waals surface area contributed by atoms with Gasteiger partial charge in [-0.25, -0.2) is 4.98 Å². The van der Waals surface area contributed by atoms with Gasteiger partial charge >= 0.3 is 5.97 Å². The first kappa shape index (κ1) is 15.5. The van der Waals surface area contributed by atoms with Crippen LogP contribution in [0.15, 0.2) is 5.38 Å². The molecule has 1 amide bonds. The quantitative estimate of drug-likeness (QED) is 0.909. The fourth-order valence-corrected chi connectivity index (χ4v) is 4.55. The molecule has 0 aromatic carbocycles. The fourth-order valence-electron chi connectivity index (χ4n) is 3.67. The van der Waals surface area contributed by atoms with Gasteiger partial charge in [0.15, 0.2) is 0 Å². The molecule has 2 atom stereocenters. The summed E-state index contributed by atoms with van der Waals surface area (Å²) in [6.07, 6.45) is 2.53. The summed E-state index contributed by atoms with van der Waals surface area (Å²) in [5, 5.41) is 12.3. The van der Waals surface area contributed by atoms with Crippen LogP contribution in [-0.4, -0.2) is 40.0 Å². The van der Waals surface area contributed by atoms with E-state index in [0.29, 0.717) is 25.2 Å². The topological polar surface area (TPSA) is 70.5 Å². The highest BCUT2D eigenvalue weighted by atomic mass is 32.1. The third-order valence-corrected chi connectivity index (χ3v) is 6.22. The summed E-state index contributed by atoms with van der Waals surface area (Å²) in [6.45, 7) is 7.08. The molecule has 120 valence electrons. The lowest BCUT2D eigenvalue weighted by Gasteiger charge is -2.23. The maximum atomic E-state index is 12.7. The zero-order chi connectivity index (χ0) is 16.1. The van der Waals surface area contributed by atoms with Gasteiger partial charge in [-0.2, -0.15) is 0 Å². The van der Waals surface area contributed by atoms with Crippen LogP contribution in [0.4, 0.5) is 0 Å². The van der Waals surface area contributed by atoms with Crippen LogP contribution in [0.3, 0.4) is 0 Å². The van der Waals surface area contributed by atoms with Crippen molar-refractivity contribution in [1.29, 1.82) is 0 Å². The number of hydrogen-bond donors (Lipinski definition) is 1. The molecule has 2 fully saturated rings. The zero-order valence-corrected chi connectivity index (χ0v) is 14.1. The largest absolute Gasteiger partial charge is 0.481 e. The minimum absolute atomic E-state index is 0.0764. The predicted octanol–water partition coefficient (Wildman–Crippen LogP) is 2.77. The van der Waals surface area contributed by atoms with Crippen molar-refractivity contribution in [1.82, 2.24) is 9.88 Å². The molecule has 22 heavy (non-hydrogen) atoms. The number of amides is 1. The molecule has 1 aliphatic carbocycles. The summed E-state index contributed by atoms with van der Waals surface area (Å²) >= 11 is 1.50. The first-order valence-corrected chi connectivity index (χ1v) is 8.61. The molecule has 1 aromatic rings. The highest BCUT2D eigenvalue weighted by Gasteiger charge is 2.56. The Kier molecular flexibility index (Phi) is 3.55. The number of carboxylic acids is 1. The number of nitrogens with zero attached hydrogens (tertiary/aromatic N) is 2. The summed E-state index contributed by atoms with van der Waals surface area (Å²) < 4.78 is 0. The molecule has 0 bridgehead atoms. The van der Waals surface area contributed by atoms with Crippen molar-refractivity contribution in [3.8, 4) is 0 Å². The summed E-state index contributed by atoms with van der Waals surface area (Å²) in [6, 6.07) is 0. The number of aromatic nitrogens is 1. The van der Waals surface area contributed by atoms with Crippen molar-refractivity contribution in [2.24, 2.45) is 11.3 Å². The molecular weight excluding hydrogens is 300 g/mol. The Morgan fingerprint density at radius 3 is 2.73 bits per heavy atom. The van der Waals surface area contributed by atoms with Gasteiger partial charge in [-0.3, -0.25) is 9.59 Å². The first-order chi connectivity index (χ1) is 10.2. The number of thiazole rings is 1. The second-order valence-corrected chi connectivity index (χ2v) is 8.38. The van der Waals surface area contributed by atoms with Gasteiger partial charge in [0.2, 0.25) is 0 Å². The average molecular weight is 322 g/mol. The van der Waals surface area contributed by atoms with Gasteiger partial charge in [0.05, 0.1) is 10.4 Å². The smallest absolute Gasteiger partial charge is 0.311 e. The first-order valence-electron chi connectivity index (χ1n) is 7.73. The maximum Gasteiger partial charge on any atom is 0.311 e. The van der Waals surface area contributed by atoms with Crippen molar-refractivity contribution in [2.45, 2.75) is 45.4 Å². The number of likely N-dealkylation sites (tertiary alicyclic amines) is 1. The molecule has 0 spiro atoms. The number of rotatable bonds is 2. The van der Waals surface area contributed by atoms with Crippen molar-refractivity contribution >= 4 is 23.2 Å². The van der Waals surface area contributed by atoms with E-state index in [1.165, 1.54) is 11.3 Å². The van der Waals surface area contributed by atoms with E-state index in [-0.39, 0.29) is 17.2 Å². The Bertz CT molecular complexity index is 619. The van der Waals surface area contributed by atoms with Crippen LogP contribution in [0.2, 0.25) is 0 Å². The molecule has 1 saturated heterocycles. The van der Waals surface area contributed by atoms with Crippen molar-refractivity contribution in [3.63, 3.8) is 0 Å². The molecular formula is C16H22N2O3S. The minimum atomic E-state index is -0.751. The van der Waals surface area contributed by atoms with E-state index in [2.05, 4.69) is 25.8 Å². The molecule has 0 unspecified atom stereocenters.